The molecule has 2 N–H and O–H groups in total. The zero-order valence-electron chi connectivity index (χ0n) is 15.4. The second-order valence-corrected chi connectivity index (χ2v) is 7.12. The van der Waals surface area contributed by atoms with Gasteiger partial charge in [-0.3, -0.25) is 4.90 Å². The highest BCUT2D eigenvalue weighted by Gasteiger charge is 2.19. The molecule has 0 aliphatic carbocycles. The lowest BCUT2D eigenvalue weighted by Gasteiger charge is -2.34. The molecule has 2 aromatic heterocycles. The summed E-state index contributed by atoms with van der Waals surface area (Å²) in [4.78, 5) is 14.3. The molecule has 0 spiro atoms. The smallest absolute Gasteiger partial charge is 0.197 e. The van der Waals surface area contributed by atoms with Crippen LogP contribution in [0.4, 0.5) is 0 Å². The van der Waals surface area contributed by atoms with Crippen molar-refractivity contribution < 1.29 is 0 Å². The van der Waals surface area contributed by atoms with Crippen LogP contribution in [0.1, 0.15) is 32.6 Å². The third-order valence-electron chi connectivity index (χ3n) is 5.17. The van der Waals surface area contributed by atoms with Crippen molar-refractivity contribution in [2.24, 2.45) is 0 Å². The Morgan fingerprint density at radius 3 is 2.74 bits per heavy atom. The Morgan fingerprint density at radius 1 is 1.22 bits per heavy atom. The maximum atomic E-state index is 5.53. The lowest BCUT2D eigenvalue weighted by Crippen LogP contribution is -2.44. The van der Waals surface area contributed by atoms with Crippen LogP contribution >= 0.6 is 37.0 Å². The van der Waals surface area contributed by atoms with Gasteiger partial charge in [0.05, 0.1) is 16.6 Å². The summed E-state index contributed by atoms with van der Waals surface area (Å²) in [6.07, 6.45) is 8.54. The molecule has 148 valence electrons. The van der Waals surface area contributed by atoms with Gasteiger partial charge in [0, 0.05) is 24.2 Å². The van der Waals surface area contributed by atoms with E-state index in [2.05, 4.69) is 44.3 Å². The first-order chi connectivity index (χ1) is 12.3. The largest absolute Gasteiger partial charge is 0.329 e. The zero-order valence-corrected chi connectivity index (χ0v) is 17.8. The van der Waals surface area contributed by atoms with E-state index in [-0.39, 0.29) is 24.8 Å². The number of nitrogens with one attached hydrogen (secondary N) is 2. The average Bonchev–Trinajstić information content (AvgIpc) is 2.95. The molecule has 1 saturated heterocycles. The van der Waals surface area contributed by atoms with Crippen LogP contribution in [0.2, 0.25) is 0 Å². The maximum absolute atomic E-state index is 5.53. The van der Waals surface area contributed by atoms with Crippen LogP contribution < -0.4 is 5.43 Å². The molecule has 0 amide bonds. The topological polar surface area (TPSA) is 61.8 Å². The second kappa shape index (κ2) is 9.68. The zero-order chi connectivity index (χ0) is 17.2. The number of likely N-dealkylation sites (tertiary alicyclic amines) is 1. The number of rotatable bonds is 5. The van der Waals surface area contributed by atoms with E-state index in [4.69, 9.17) is 12.2 Å². The summed E-state index contributed by atoms with van der Waals surface area (Å²) >= 11 is 5.53. The lowest BCUT2D eigenvalue weighted by molar-refractivity contribution is 0.164. The normalized spacial score (nSPS) is 15.9. The Hall–Kier alpha value is -1.41. The van der Waals surface area contributed by atoms with Gasteiger partial charge in [0.1, 0.15) is 6.33 Å². The number of fused-ring (bicyclic) bond motifs is 2. The molecule has 1 aromatic carbocycles. The monoisotopic (exact) mass is 428 g/mol. The highest BCUT2D eigenvalue weighted by atomic mass is 35.5. The van der Waals surface area contributed by atoms with Crippen LogP contribution in [0.15, 0.2) is 24.7 Å². The third kappa shape index (κ3) is 4.54. The number of aromatic amines is 1. The number of imidazole rings is 1. The van der Waals surface area contributed by atoms with Crippen LogP contribution in [0.3, 0.4) is 0 Å². The molecule has 1 aliphatic heterocycles. The summed E-state index contributed by atoms with van der Waals surface area (Å²) in [6.45, 7) is 5.57. The van der Waals surface area contributed by atoms with Crippen LogP contribution in [-0.4, -0.2) is 50.2 Å². The Bertz CT molecular complexity index is 934. The first-order valence-corrected chi connectivity index (χ1v) is 9.49. The maximum Gasteiger partial charge on any atom is 0.197 e. The van der Waals surface area contributed by atoms with E-state index in [1.54, 1.807) is 6.33 Å². The van der Waals surface area contributed by atoms with Crippen LogP contribution in [0.5, 0.6) is 0 Å². The van der Waals surface area contributed by atoms with E-state index in [1.807, 2.05) is 10.9 Å². The van der Waals surface area contributed by atoms with Crippen molar-refractivity contribution in [2.75, 3.05) is 25.1 Å². The number of benzene rings is 1. The van der Waals surface area contributed by atoms with E-state index < -0.39 is 0 Å². The SMILES string of the molecule is CCC(CNn1c(=S)[nH]c2cc3cncnc3cc21)N1CCCCC1.Cl.Cl. The molecule has 0 radical (unpaired) electrons. The van der Waals surface area contributed by atoms with Gasteiger partial charge in [0.25, 0.3) is 0 Å². The summed E-state index contributed by atoms with van der Waals surface area (Å²) in [5.41, 5.74) is 6.51. The van der Waals surface area contributed by atoms with Crippen LogP contribution in [0.25, 0.3) is 21.9 Å². The molecule has 1 aliphatic rings. The van der Waals surface area contributed by atoms with Crippen LogP contribution in [-0.2, 0) is 0 Å². The number of halogens is 2. The molecule has 1 atom stereocenters. The minimum atomic E-state index is 0. The molecule has 1 unspecified atom stereocenters. The van der Waals surface area contributed by atoms with Crippen molar-refractivity contribution in [3.8, 4) is 0 Å². The molecular formula is C18H26Cl2N6S. The van der Waals surface area contributed by atoms with Crippen molar-refractivity contribution in [3.05, 3.63) is 29.4 Å². The lowest BCUT2D eigenvalue weighted by atomic mass is 10.1. The number of hydrogen-bond donors (Lipinski definition) is 2. The highest BCUT2D eigenvalue weighted by molar-refractivity contribution is 7.71. The van der Waals surface area contributed by atoms with Gasteiger partial charge in [-0.25, -0.2) is 14.6 Å². The van der Waals surface area contributed by atoms with Gasteiger partial charge in [0.2, 0.25) is 0 Å². The molecule has 3 aromatic rings. The van der Waals surface area contributed by atoms with Gasteiger partial charge >= 0.3 is 0 Å². The fourth-order valence-corrected chi connectivity index (χ4v) is 4.03. The number of aromatic nitrogens is 4. The Labute approximate surface area is 176 Å². The molecule has 0 bridgehead atoms. The van der Waals surface area contributed by atoms with E-state index in [0.717, 1.165) is 34.9 Å². The van der Waals surface area contributed by atoms with Gasteiger partial charge in [-0.1, -0.05) is 13.3 Å². The number of H-pyrrole nitrogens is 1. The molecule has 27 heavy (non-hydrogen) atoms. The molecule has 1 fully saturated rings. The molecule has 0 saturated carbocycles. The number of nitrogens with zero attached hydrogens (tertiary/aromatic N) is 4. The fraction of sp³-hybridized carbons (Fsp3) is 0.500. The first kappa shape index (κ1) is 21.9. The molecule has 6 nitrogen and oxygen atoms in total. The minimum absolute atomic E-state index is 0. The fourth-order valence-electron chi connectivity index (χ4n) is 3.75. The first-order valence-electron chi connectivity index (χ1n) is 9.08. The van der Waals surface area contributed by atoms with Crippen molar-refractivity contribution in [1.29, 1.82) is 0 Å². The Balaban J connectivity index is 0.00000131. The molecular weight excluding hydrogens is 403 g/mol. The Morgan fingerprint density at radius 2 is 2.00 bits per heavy atom. The van der Waals surface area contributed by atoms with E-state index in [1.165, 1.54) is 32.4 Å². The van der Waals surface area contributed by atoms with E-state index in [0.29, 0.717) is 10.8 Å². The van der Waals surface area contributed by atoms with Crippen molar-refractivity contribution in [2.45, 2.75) is 38.6 Å². The van der Waals surface area contributed by atoms with Gasteiger partial charge in [-0.15, -0.1) is 24.8 Å². The predicted octanol–water partition coefficient (Wildman–Crippen LogP) is 4.29. The Kier molecular flexibility index (Phi) is 7.85. The summed E-state index contributed by atoms with van der Waals surface area (Å²) in [7, 11) is 0. The molecule has 4 rings (SSSR count). The summed E-state index contributed by atoms with van der Waals surface area (Å²) in [5.74, 6) is 0. The van der Waals surface area contributed by atoms with Gasteiger partial charge in [-0.05, 0) is 56.7 Å². The quantitative estimate of drug-likeness (QED) is 0.593. The molecule has 9 heteroatoms. The summed E-state index contributed by atoms with van der Waals surface area (Å²) in [5, 5.41) is 1.01. The molecule has 3 heterocycles. The predicted molar refractivity (Wildman–Crippen MR) is 118 cm³/mol. The number of piperidine rings is 1. The standard InChI is InChI=1S/C18H24N6S.2ClH/c1-2-14(23-6-4-3-5-7-23)11-21-24-17-9-15-13(10-19-12-20-15)8-16(17)22-18(24)25;;/h8-10,12,14,21H,2-7,11H2,1H3,(H,22,25);2*1H. The summed E-state index contributed by atoms with van der Waals surface area (Å²) < 4.78 is 2.67. The average molecular weight is 429 g/mol. The summed E-state index contributed by atoms with van der Waals surface area (Å²) in [6, 6.07) is 4.66. The van der Waals surface area contributed by atoms with Crippen molar-refractivity contribution >= 4 is 59.0 Å². The van der Waals surface area contributed by atoms with Gasteiger partial charge < -0.3 is 10.4 Å². The van der Waals surface area contributed by atoms with Crippen LogP contribution in [0, 0.1) is 4.77 Å². The van der Waals surface area contributed by atoms with E-state index >= 15 is 0 Å². The van der Waals surface area contributed by atoms with Gasteiger partial charge in [-0.2, -0.15) is 0 Å². The highest BCUT2D eigenvalue weighted by Crippen LogP contribution is 2.20. The third-order valence-corrected chi connectivity index (χ3v) is 5.46. The minimum Gasteiger partial charge on any atom is -0.329 e. The van der Waals surface area contributed by atoms with Crippen molar-refractivity contribution in [3.63, 3.8) is 0 Å². The number of hydrogen-bond acceptors (Lipinski definition) is 5. The van der Waals surface area contributed by atoms with E-state index in [9.17, 15) is 0 Å². The van der Waals surface area contributed by atoms with Crippen molar-refractivity contribution in [1.82, 2.24) is 24.5 Å². The second-order valence-electron chi connectivity index (χ2n) is 6.74. The van der Waals surface area contributed by atoms with Gasteiger partial charge in [0.15, 0.2) is 4.77 Å².